The van der Waals surface area contributed by atoms with Crippen molar-refractivity contribution in [3.05, 3.63) is 48.3 Å². The molecular weight excluding hydrogens is 252 g/mol. The lowest BCUT2D eigenvalue weighted by molar-refractivity contribution is 0.0748. The maximum absolute atomic E-state index is 12.5. The van der Waals surface area contributed by atoms with E-state index >= 15 is 0 Å². The Morgan fingerprint density at radius 1 is 1.35 bits per heavy atom. The van der Waals surface area contributed by atoms with E-state index in [1.165, 1.54) is 0 Å². The van der Waals surface area contributed by atoms with E-state index in [0.717, 1.165) is 18.5 Å². The number of aromatic nitrogens is 2. The highest BCUT2D eigenvalue weighted by molar-refractivity contribution is 5.94. The lowest BCUT2D eigenvalue weighted by atomic mass is 10.3. The summed E-state index contributed by atoms with van der Waals surface area (Å²) in [5.74, 6) is 0.0279. The first kappa shape index (κ1) is 12.9. The quantitative estimate of drug-likeness (QED) is 0.894. The molecule has 1 heterocycles. The predicted octanol–water partition coefficient (Wildman–Crippen LogP) is 1.44. The van der Waals surface area contributed by atoms with E-state index in [2.05, 4.69) is 5.10 Å². The van der Waals surface area contributed by atoms with Gasteiger partial charge >= 0.3 is 0 Å². The molecule has 2 N–H and O–H groups in total. The molecule has 0 unspecified atom stereocenters. The smallest absolute Gasteiger partial charge is 0.257 e. The van der Waals surface area contributed by atoms with Gasteiger partial charge in [-0.1, -0.05) is 18.2 Å². The lowest BCUT2D eigenvalue weighted by Gasteiger charge is -2.20. The van der Waals surface area contributed by atoms with E-state index in [0.29, 0.717) is 24.7 Å². The van der Waals surface area contributed by atoms with Gasteiger partial charge in [0.1, 0.15) is 0 Å². The Balaban J connectivity index is 1.80. The van der Waals surface area contributed by atoms with Gasteiger partial charge in [0.2, 0.25) is 0 Å². The topological polar surface area (TPSA) is 64.2 Å². The molecule has 5 nitrogen and oxygen atoms in total. The summed E-state index contributed by atoms with van der Waals surface area (Å²) in [6.07, 6.45) is 5.57. The average Bonchev–Trinajstić information content (AvgIpc) is 3.21. The van der Waals surface area contributed by atoms with Gasteiger partial charge in [0.15, 0.2) is 0 Å². The molecule has 0 spiro atoms. The van der Waals surface area contributed by atoms with Crippen molar-refractivity contribution >= 4 is 5.91 Å². The van der Waals surface area contributed by atoms with Gasteiger partial charge in [0, 0.05) is 25.3 Å². The van der Waals surface area contributed by atoms with Crippen molar-refractivity contribution in [3.63, 3.8) is 0 Å². The summed E-state index contributed by atoms with van der Waals surface area (Å²) in [7, 11) is 0. The maximum Gasteiger partial charge on any atom is 0.257 e. The van der Waals surface area contributed by atoms with Gasteiger partial charge in [-0.2, -0.15) is 5.10 Å². The van der Waals surface area contributed by atoms with Crippen LogP contribution in [0.1, 0.15) is 23.2 Å². The molecule has 0 atom stereocenters. The van der Waals surface area contributed by atoms with Crippen molar-refractivity contribution in [2.45, 2.75) is 18.9 Å². The van der Waals surface area contributed by atoms with Crippen LogP contribution in [0.25, 0.3) is 5.69 Å². The number of nitrogens with two attached hydrogens (primary N) is 1. The molecule has 1 amide bonds. The van der Waals surface area contributed by atoms with E-state index in [1.54, 1.807) is 17.1 Å². The summed E-state index contributed by atoms with van der Waals surface area (Å²) < 4.78 is 1.72. The average molecular weight is 270 g/mol. The largest absolute Gasteiger partial charge is 0.334 e. The van der Waals surface area contributed by atoms with Crippen LogP contribution in [-0.2, 0) is 0 Å². The molecule has 0 radical (unpaired) electrons. The molecule has 1 saturated carbocycles. The second-order valence-electron chi connectivity index (χ2n) is 5.03. The minimum Gasteiger partial charge on any atom is -0.334 e. The van der Waals surface area contributed by atoms with Gasteiger partial charge in [-0.25, -0.2) is 4.68 Å². The van der Waals surface area contributed by atoms with E-state index < -0.39 is 0 Å². The fourth-order valence-corrected chi connectivity index (χ4v) is 2.30. The highest BCUT2D eigenvalue weighted by Gasteiger charge is 2.32. The summed E-state index contributed by atoms with van der Waals surface area (Å²) in [5, 5.41) is 4.27. The number of rotatable bonds is 5. The second-order valence-corrected chi connectivity index (χ2v) is 5.03. The molecule has 1 aliphatic rings. The zero-order valence-electron chi connectivity index (χ0n) is 11.3. The SMILES string of the molecule is NCCN(C(=O)c1cnn(-c2ccccc2)c1)C1CC1. The summed E-state index contributed by atoms with van der Waals surface area (Å²) >= 11 is 0. The van der Waals surface area contributed by atoms with Crippen LogP contribution in [0.15, 0.2) is 42.7 Å². The van der Waals surface area contributed by atoms with Crippen molar-refractivity contribution in [3.8, 4) is 5.69 Å². The van der Waals surface area contributed by atoms with Crippen molar-refractivity contribution in [2.24, 2.45) is 5.73 Å². The Labute approximate surface area is 118 Å². The van der Waals surface area contributed by atoms with Crippen molar-refractivity contribution in [1.29, 1.82) is 0 Å². The number of benzene rings is 1. The van der Waals surface area contributed by atoms with Crippen molar-refractivity contribution in [1.82, 2.24) is 14.7 Å². The molecule has 104 valence electrons. The fourth-order valence-electron chi connectivity index (χ4n) is 2.30. The summed E-state index contributed by atoms with van der Waals surface area (Å²) in [4.78, 5) is 14.3. The van der Waals surface area contributed by atoms with Gasteiger partial charge in [0.25, 0.3) is 5.91 Å². The van der Waals surface area contributed by atoms with Gasteiger partial charge in [-0.3, -0.25) is 4.79 Å². The minimum atomic E-state index is 0.0279. The van der Waals surface area contributed by atoms with Crippen molar-refractivity contribution in [2.75, 3.05) is 13.1 Å². The fraction of sp³-hybridized carbons (Fsp3) is 0.333. The summed E-state index contributed by atoms with van der Waals surface area (Å²) in [6.45, 7) is 1.11. The van der Waals surface area contributed by atoms with Gasteiger partial charge in [-0.15, -0.1) is 0 Å². The molecule has 2 aromatic rings. The zero-order chi connectivity index (χ0) is 13.9. The molecule has 20 heavy (non-hydrogen) atoms. The molecular formula is C15H18N4O. The molecule has 1 aromatic carbocycles. The van der Waals surface area contributed by atoms with Gasteiger partial charge < -0.3 is 10.6 Å². The number of hydrogen-bond donors (Lipinski definition) is 1. The minimum absolute atomic E-state index is 0.0279. The Hall–Kier alpha value is -2.14. The third kappa shape index (κ3) is 2.58. The number of para-hydroxylation sites is 1. The first-order chi connectivity index (χ1) is 9.79. The standard InChI is InChI=1S/C15H18N4O/c16-8-9-18(13-6-7-13)15(20)12-10-17-19(11-12)14-4-2-1-3-5-14/h1-5,10-11,13H,6-9,16H2. The molecule has 1 aliphatic carbocycles. The highest BCUT2D eigenvalue weighted by Crippen LogP contribution is 2.27. The molecule has 3 rings (SSSR count). The molecule has 1 fully saturated rings. The first-order valence-electron chi connectivity index (χ1n) is 6.90. The van der Waals surface area contributed by atoms with Crippen LogP contribution in [-0.4, -0.2) is 39.7 Å². The number of carbonyl (C=O) groups is 1. The van der Waals surface area contributed by atoms with E-state index in [-0.39, 0.29) is 5.91 Å². The highest BCUT2D eigenvalue weighted by atomic mass is 16.2. The van der Waals surface area contributed by atoms with Crippen LogP contribution < -0.4 is 5.73 Å². The molecule has 0 saturated heterocycles. The Morgan fingerprint density at radius 2 is 2.10 bits per heavy atom. The van der Waals surface area contributed by atoms with E-state index in [1.807, 2.05) is 35.2 Å². The van der Waals surface area contributed by atoms with Crippen LogP contribution in [0.2, 0.25) is 0 Å². The Kier molecular flexibility index (Phi) is 3.52. The summed E-state index contributed by atoms with van der Waals surface area (Å²) in [6, 6.07) is 10.1. The van der Waals surface area contributed by atoms with Crippen LogP contribution in [0, 0.1) is 0 Å². The lowest BCUT2D eigenvalue weighted by Crippen LogP contribution is -2.37. The normalized spacial score (nSPS) is 14.2. The number of nitrogens with zero attached hydrogens (tertiary/aromatic N) is 3. The molecule has 0 bridgehead atoms. The zero-order valence-corrected chi connectivity index (χ0v) is 11.3. The van der Waals surface area contributed by atoms with Crippen LogP contribution >= 0.6 is 0 Å². The third-order valence-corrected chi connectivity index (χ3v) is 3.47. The van der Waals surface area contributed by atoms with Gasteiger partial charge in [-0.05, 0) is 25.0 Å². The van der Waals surface area contributed by atoms with E-state index in [4.69, 9.17) is 5.73 Å². The van der Waals surface area contributed by atoms with Crippen LogP contribution in [0.5, 0.6) is 0 Å². The predicted molar refractivity (Wildman–Crippen MR) is 76.7 cm³/mol. The van der Waals surface area contributed by atoms with Crippen LogP contribution in [0.4, 0.5) is 0 Å². The maximum atomic E-state index is 12.5. The monoisotopic (exact) mass is 270 g/mol. The Bertz CT molecular complexity index is 589. The first-order valence-corrected chi connectivity index (χ1v) is 6.90. The second kappa shape index (κ2) is 5.46. The number of amides is 1. The molecule has 0 aliphatic heterocycles. The summed E-state index contributed by atoms with van der Waals surface area (Å²) in [5.41, 5.74) is 7.16. The number of carbonyl (C=O) groups excluding carboxylic acids is 1. The van der Waals surface area contributed by atoms with E-state index in [9.17, 15) is 4.79 Å². The third-order valence-electron chi connectivity index (χ3n) is 3.47. The van der Waals surface area contributed by atoms with Crippen molar-refractivity contribution < 1.29 is 4.79 Å². The Morgan fingerprint density at radius 3 is 2.75 bits per heavy atom. The molecule has 5 heteroatoms. The number of hydrogen-bond acceptors (Lipinski definition) is 3. The van der Waals surface area contributed by atoms with Crippen LogP contribution in [0.3, 0.4) is 0 Å². The molecule has 1 aromatic heterocycles. The van der Waals surface area contributed by atoms with Gasteiger partial charge in [0.05, 0.1) is 17.4 Å².